The molecule has 0 radical (unpaired) electrons. The Morgan fingerprint density at radius 3 is 0.750 bits per heavy atom. The van der Waals surface area contributed by atoms with Crippen LogP contribution in [-0.2, 0) is 28.6 Å². The zero-order valence-corrected chi connectivity index (χ0v) is 54.1. The largest absolute Gasteiger partial charge is 0.462 e. The third-order valence-electron chi connectivity index (χ3n) is 16.3. The summed E-state index contributed by atoms with van der Waals surface area (Å²) in [5, 5.41) is 0. The molecule has 6 nitrogen and oxygen atoms in total. The van der Waals surface area contributed by atoms with Crippen LogP contribution in [-0.4, -0.2) is 37.2 Å². The molecule has 0 rings (SSSR count). The van der Waals surface area contributed by atoms with E-state index in [1.54, 1.807) is 0 Å². The third kappa shape index (κ3) is 66.4. The van der Waals surface area contributed by atoms with Crippen LogP contribution in [0.1, 0.15) is 400 Å². The predicted molar refractivity (Wildman–Crippen MR) is 349 cm³/mol. The van der Waals surface area contributed by atoms with Gasteiger partial charge in [0.2, 0.25) is 0 Å². The molecule has 6 heteroatoms. The number of ether oxygens (including phenoxy) is 3. The number of allylic oxidation sites excluding steroid dienone is 6. The van der Waals surface area contributed by atoms with E-state index in [-0.39, 0.29) is 31.1 Å². The average Bonchev–Trinajstić information content (AvgIpc) is 3.46. The van der Waals surface area contributed by atoms with Crippen molar-refractivity contribution in [2.24, 2.45) is 0 Å². The minimum Gasteiger partial charge on any atom is -0.462 e. The van der Waals surface area contributed by atoms with Crippen molar-refractivity contribution in [3.63, 3.8) is 0 Å². The predicted octanol–water partition coefficient (Wildman–Crippen LogP) is 24.7. The molecule has 0 saturated carbocycles. The van der Waals surface area contributed by atoms with Crippen LogP contribution < -0.4 is 0 Å². The number of rotatable bonds is 67. The molecule has 1 atom stereocenters. The molecule has 0 fully saturated rings. The van der Waals surface area contributed by atoms with Crippen molar-refractivity contribution in [3.8, 4) is 0 Å². The Balaban J connectivity index is 4.14. The molecule has 0 bridgehead atoms. The Labute approximate surface area is 499 Å². The summed E-state index contributed by atoms with van der Waals surface area (Å²) in [6.45, 7) is 6.64. The standard InChI is InChI=1S/C74H138O6/c1-4-7-10-13-16-19-22-25-27-29-31-32-33-34-35-36-37-38-39-40-41-42-43-45-46-49-52-55-58-61-64-67-73(76)79-70-71(69-78-72(75)66-63-60-57-54-51-48-24-21-18-15-12-9-6-3)80-74(77)68-65-62-59-56-53-50-47-44-30-28-26-23-20-17-14-11-8-5-2/h12,15,21,24,29,31,71H,4-11,13-14,16-20,22-23,25-28,30,32-70H2,1-3H3/b15-12-,24-21-,31-29-. The molecule has 0 spiro atoms. The van der Waals surface area contributed by atoms with Crippen LogP contribution in [0.4, 0.5) is 0 Å². The van der Waals surface area contributed by atoms with Crippen molar-refractivity contribution < 1.29 is 28.6 Å². The maximum absolute atomic E-state index is 12.9. The van der Waals surface area contributed by atoms with E-state index >= 15 is 0 Å². The maximum Gasteiger partial charge on any atom is 0.306 e. The van der Waals surface area contributed by atoms with Crippen LogP contribution in [0.15, 0.2) is 36.5 Å². The number of esters is 3. The topological polar surface area (TPSA) is 78.9 Å². The van der Waals surface area contributed by atoms with Gasteiger partial charge in [0, 0.05) is 19.3 Å². The van der Waals surface area contributed by atoms with Crippen molar-refractivity contribution in [1.29, 1.82) is 0 Å². The molecule has 0 aliphatic carbocycles. The fraction of sp³-hybridized carbons (Fsp3) is 0.878. The van der Waals surface area contributed by atoms with E-state index in [0.29, 0.717) is 19.3 Å². The van der Waals surface area contributed by atoms with Gasteiger partial charge in [0.25, 0.3) is 0 Å². The highest BCUT2D eigenvalue weighted by molar-refractivity contribution is 5.71. The van der Waals surface area contributed by atoms with Gasteiger partial charge in [0.05, 0.1) is 0 Å². The molecule has 1 unspecified atom stereocenters. The number of unbranched alkanes of at least 4 members (excludes halogenated alkanes) is 50. The average molecular weight is 1120 g/mol. The molecule has 80 heavy (non-hydrogen) atoms. The molecule has 0 N–H and O–H groups in total. The smallest absolute Gasteiger partial charge is 0.306 e. The first kappa shape index (κ1) is 77.6. The van der Waals surface area contributed by atoms with Crippen LogP contribution >= 0.6 is 0 Å². The number of hydrogen-bond acceptors (Lipinski definition) is 6. The summed E-state index contributed by atoms with van der Waals surface area (Å²) >= 11 is 0. The SMILES string of the molecule is CCC/C=C\C/C=C\CCCCCCCC(=O)OCC(COC(=O)CCCCCCCCCCCCCCCCCCCCC/C=C\CCCCCCCCCC)OC(=O)CCCCCCCCCCCCCCCCCCCC. The molecule has 0 aliphatic heterocycles. The van der Waals surface area contributed by atoms with Crippen molar-refractivity contribution in [3.05, 3.63) is 36.5 Å². The lowest BCUT2D eigenvalue weighted by Crippen LogP contribution is -2.30. The van der Waals surface area contributed by atoms with Crippen LogP contribution in [0.25, 0.3) is 0 Å². The monoisotopic (exact) mass is 1120 g/mol. The van der Waals surface area contributed by atoms with Crippen molar-refractivity contribution >= 4 is 17.9 Å². The molecular weight excluding hydrogens is 985 g/mol. The second-order valence-corrected chi connectivity index (χ2v) is 24.5. The molecule has 0 heterocycles. The van der Waals surface area contributed by atoms with E-state index in [0.717, 1.165) is 83.5 Å². The summed E-state index contributed by atoms with van der Waals surface area (Å²) in [5.41, 5.74) is 0. The number of carbonyl (C=O) groups excluding carboxylic acids is 3. The van der Waals surface area contributed by atoms with E-state index in [2.05, 4.69) is 57.2 Å². The molecule has 0 saturated heterocycles. The molecule has 470 valence electrons. The van der Waals surface area contributed by atoms with Crippen LogP contribution in [0.3, 0.4) is 0 Å². The normalized spacial score (nSPS) is 12.2. The second-order valence-electron chi connectivity index (χ2n) is 24.5. The van der Waals surface area contributed by atoms with Crippen LogP contribution in [0.5, 0.6) is 0 Å². The van der Waals surface area contributed by atoms with Crippen molar-refractivity contribution in [2.75, 3.05) is 13.2 Å². The lowest BCUT2D eigenvalue weighted by atomic mass is 10.0. The van der Waals surface area contributed by atoms with Gasteiger partial charge in [-0.2, -0.15) is 0 Å². The number of carbonyl (C=O) groups is 3. The van der Waals surface area contributed by atoms with Gasteiger partial charge in [0.1, 0.15) is 13.2 Å². The van der Waals surface area contributed by atoms with Gasteiger partial charge in [0.15, 0.2) is 6.10 Å². The summed E-state index contributed by atoms with van der Waals surface area (Å²) < 4.78 is 17.0. The fourth-order valence-electron chi connectivity index (χ4n) is 11.0. The highest BCUT2D eigenvalue weighted by Gasteiger charge is 2.19. The zero-order chi connectivity index (χ0) is 57.8. The first-order valence-electron chi connectivity index (χ1n) is 36.0. The van der Waals surface area contributed by atoms with Crippen LogP contribution in [0.2, 0.25) is 0 Å². The first-order valence-corrected chi connectivity index (χ1v) is 36.0. The van der Waals surface area contributed by atoms with Gasteiger partial charge in [-0.3, -0.25) is 14.4 Å². The van der Waals surface area contributed by atoms with Gasteiger partial charge in [-0.1, -0.05) is 346 Å². The molecule has 0 aromatic carbocycles. The quantitative estimate of drug-likeness (QED) is 0.0261. The molecule has 0 aromatic rings. The summed E-state index contributed by atoms with van der Waals surface area (Å²) in [6, 6.07) is 0. The van der Waals surface area contributed by atoms with Crippen molar-refractivity contribution in [1.82, 2.24) is 0 Å². The van der Waals surface area contributed by atoms with E-state index in [9.17, 15) is 14.4 Å². The lowest BCUT2D eigenvalue weighted by Gasteiger charge is -2.18. The summed E-state index contributed by atoms with van der Waals surface area (Å²) in [7, 11) is 0. The zero-order valence-electron chi connectivity index (χ0n) is 54.1. The highest BCUT2D eigenvalue weighted by Crippen LogP contribution is 2.19. The minimum absolute atomic E-state index is 0.0709. The van der Waals surface area contributed by atoms with Crippen LogP contribution in [0, 0.1) is 0 Å². The van der Waals surface area contributed by atoms with Gasteiger partial charge in [-0.25, -0.2) is 0 Å². The summed E-state index contributed by atoms with van der Waals surface area (Å²) in [5.74, 6) is -0.857. The van der Waals surface area contributed by atoms with Gasteiger partial charge in [-0.15, -0.1) is 0 Å². The lowest BCUT2D eigenvalue weighted by molar-refractivity contribution is -0.167. The second kappa shape index (κ2) is 69.1. The Hall–Kier alpha value is -2.37. The van der Waals surface area contributed by atoms with E-state index in [1.165, 1.54) is 276 Å². The Morgan fingerprint density at radius 2 is 0.475 bits per heavy atom. The number of hydrogen-bond donors (Lipinski definition) is 0. The first-order chi connectivity index (χ1) is 39.5. The molecular formula is C74H138O6. The third-order valence-corrected chi connectivity index (χ3v) is 16.3. The summed E-state index contributed by atoms with van der Waals surface area (Å²) in [4.78, 5) is 38.4. The Bertz CT molecular complexity index is 1340. The van der Waals surface area contributed by atoms with Gasteiger partial charge in [-0.05, 0) is 70.6 Å². The molecule has 0 aromatic heterocycles. The van der Waals surface area contributed by atoms with Crippen molar-refractivity contribution in [2.45, 2.75) is 406 Å². The fourth-order valence-corrected chi connectivity index (χ4v) is 11.0. The maximum atomic E-state index is 12.9. The minimum atomic E-state index is -0.775. The van der Waals surface area contributed by atoms with Gasteiger partial charge >= 0.3 is 17.9 Å². The van der Waals surface area contributed by atoms with E-state index < -0.39 is 6.10 Å². The molecule has 0 aliphatic rings. The molecule has 0 amide bonds. The van der Waals surface area contributed by atoms with Gasteiger partial charge < -0.3 is 14.2 Å². The van der Waals surface area contributed by atoms with E-state index in [4.69, 9.17) is 14.2 Å². The Kier molecular flexibility index (Phi) is 67.1. The van der Waals surface area contributed by atoms with E-state index in [1.807, 2.05) is 0 Å². The Morgan fingerprint density at radius 1 is 0.250 bits per heavy atom. The highest BCUT2D eigenvalue weighted by atomic mass is 16.6. The summed E-state index contributed by atoms with van der Waals surface area (Å²) in [6.07, 6.45) is 86.2.